The second-order valence-corrected chi connectivity index (χ2v) is 7.15. The molecule has 0 aromatic heterocycles. The lowest BCUT2D eigenvalue weighted by Crippen LogP contribution is -2.40. The van der Waals surface area contributed by atoms with Crippen molar-refractivity contribution in [2.45, 2.75) is 38.8 Å². The van der Waals surface area contributed by atoms with Gasteiger partial charge in [0, 0.05) is 26.7 Å². The van der Waals surface area contributed by atoms with Gasteiger partial charge in [0.25, 0.3) is 10.2 Å². The van der Waals surface area contributed by atoms with Gasteiger partial charge in [0.2, 0.25) is 0 Å². The molecule has 0 atom stereocenters. The van der Waals surface area contributed by atoms with E-state index in [1.165, 1.54) is 0 Å². The summed E-state index contributed by atoms with van der Waals surface area (Å²) in [5.41, 5.74) is 1.99. The van der Waals surface area contributed by atoms with Gasteiger partial charge in [-0.3, -0.25) is 0 Å². The Bertz CT molecular complexity index is 538. The van der Waals surface area contributed by atoms with Gasteiger partial charge in [-0.05, 0) is 24.0 Å². The van der Waals surface area contributed by atoms with Gasteiger partial charge in [-0.25, -0.2) is 0 Å². The molecule has 0 unspecified atom stereocenters. The molecule has 1 aliphatic heterocycles. The molecule has 1 heterocycles. The average molecular weight is 312 g/mol. The predicted molar refractivity (Wildman–Crippen MR) is 83.0 cm³/mol. The van der Waals surface area contributed by atoms with Gasteiger partial charge in [-0.15, -0.1) is 0 Å². The Morgan fingerprint density at radius 1 is 1.14 bits per heavy atom. The molecule has 0 saturated carbocycles. The van der Waals surface area contributed by atoms with Crippen LogP contribution in [-0.4, -0.2) is 32.9 Å². The monoisotopic (exact) mass is 312 g/mol. The zero-order valence-corrected chi connectivity index (χ0v) is 13.4. The molecule has 1 N–H and O–H groups in total. The maximum Gasteiger partial charge on any atom is 0.279 e. The first-order valence-corrected chi connectivity index (χ1v) is 8.87. The van der Waals surface area contributed by atoms with Crippen molar-refractivity contribution in [3.05, 3.63) is 35.4 Å². The van der Waals surface area contributed by atoms with Crippen molar-refractivity contribution in [2.24, 2.45) is 0 Å². The molecule has 1 aromatic carbocycles. The number of nitrogens with zero attached hydrogens (tertiary/aromatic N) is 1. The molecule has 0 amide bonds. The number of hydrogen-bond donors (Lipinski definition) is 1. The van der Waals surface area contributed by atoms with Crippen LogP contribution in [0.3, 0.4) is 0 Å². The van der Waals surface area contributed by atoms with Gasteiger partial charge in [-0.2, -0.15) is 17.4 Å². The summed E-state index contributed by atoms with van der Waals surface area (Å²) in [6.45, 7) is 2.10. The molecule has 118 valence electrons. The van der Waals surface area contributed by atoms with Gasteiger partial charge >= 0.3 is 0 Å². The summed E-state index contributed by atoms with van der Waals surface area (Å²) in [4.78, 5) is 0. The van der Waals surface area contributed by atoms with E-state index in [0.29, 0.717) is 26.2 Å². The third-order valence-corrected chi connectivity index (χ3v) is 5.22. The molecular weight excluding hydrogens is 288 g/mol. The first kappa shape index (κ1) is 16.4. The quantitative estimate of drug-likeness (QED) is 0.874. The lowest BCUT2D eigenvalue weighted by Gasteiger charge is -2.20. The molecule has 5 nitrogen and oxygen atoms in total. The van der Waals surface area contributed by atoms with Crippen molar-refractivity contribution in [2.75, 3.05) is 20.2 Å². The van der Waals surface area contributed by atoms with Crippen LogP contribution in [0.25, 0.3) is 0 Å². The van der Waals surface area contributed by atoms with Crippen LogP contribution in [0.1, 0.15) is 36.8 Å². The Balaban J connectivity index is 1.95. The summed E-state index contributed by atoms with van der Waals surface area (Å²) < 4.78 is 34.0. The van der Waals surface area contributed by atoms with Crippen molar-refractivity contribution >= 4 is 10.2 Å². The molecule has 0 radical (unpaired) electrons. The van der Waals surface area contributed by atoms with Gasteiger partial charge in [0.1, 0.15) is 0 Å². The molecule has 1 fully saturated rings. The van der Waals surface area contributed by atoms with Crippen LogP contribution >= 0.6 is 0 Å². The van der Waals surface area contributed by atoms with Crippen LogP contribution in [-0.2, 0) is 28.1 Å². The number of ether oxygens (including phenoxy) is 1. The van der Waals surface area contributed by atoms with Crippen molar-refractivity contribution < 1.29 is 13.2 Å². The maximum absolute atomic E-state index is 12.3. The maximum atomic E-state index is 12.3. The lowest BCUT2D eigenvalue weighted by atomic mass is 10.1. The van der Waals surface area contributed by atoms with E-state index in [-0.39, 0.29) is 0 Å². The Morgan fingerprint density at radius 3 is 2.48 bits per heavy atom. The summed E-state index contributed by atoms with van der Waals surface area (Å²) in [5.74, 6) is 0. The van der Waals surface area contributed by atoms with Crippen LogP contribution < -0.4 is 4.72 Å². The highest BCUT2D eigenvalue weighted by molar-refractivity contribution is 7.87. The lowest BCUT2D eigenvalue weighted by molar-refractivity contribution is 0.185. The molecule has 0 spiro atoms. The number of methoxy groups -OCH3 is 1. The largest absolute Gasteiger partial charge is 0.380 e. The van der Waals surface area contributed by atoms with E-state index in [0.717, 1.165) is 36.8 Å². The van der Waals surface area contributed by atoms with Gasteiger partial charge in [0.05, 0.1) is 6.61 Å². The summed E-state index contributed by atoms with van der Waals surface area (Å²) in [7, 11) is -1.73. The van der Waals surface area contributed by atoms with E-state index in [9.17, 15) is 8.42 Å². The molecule has 1 aromatic rings. The summed E-state index contributed by atoms with van der Waals surface area (Å²) >= 11 is 0. The predicted octanol–water partition coefficient (Wildman–Crippen LogP) is 2.04. The zero-order chi connectivity index (χ0) is 15.1. The van der Waals surface area contributed by atoms with Gasteiger partial charge < -0.3 is 4.74 Å². The van der Waals surface area contributed by atoms with E-state index in [2.05, 4.69) is 4.72 Å². The first-order valence-electron chi connectivity index (χ1n) is 7.43. The molecule has 1 saturated heterocycles. The Morgan fingerprint density at radius 2 is 1.81 bits per heavy atom. The van der Waals surface area contributed by atoms with E-state index in [1.54, 1.807) is 11.4 Å². The van der Waals surface area contributed by atoms with Crippen LogP contribution in [0.2, 0.25) is 0 Å². The number of benzene rings is 1. The SMILES string of the molecule is COCc1cccc(CNS(=O)(=O)N2CCCCCC2)c1. The van der Waals surface area contributed by atoms with Crippen LogP contribution in [0.5, 0.6) is 0 Å². The van der Waals surface area contributed by atoms with E-state index in [1.807, 2.05) is 24.3 Å². The molecule has 0 bridgehead atoms. The minimum Gasteiger partial charge on any atom is -0.380 e. The fraction of sp³-hybridized carbons (Fsp3) is 0.600. The minimum absolute atomic E-state index is 0.316. The van der Waals surface area contributed by atoms with Gasteiger partial charge in [0.15, 0.2) is 0 Å². The number of rotatable bonds is 6. The van der Waals surface area contributed by atoms with Crippen molar-refractivity contribution in [1.82, 2.24) is 9.03 Å². The highest BCUT2D eigenvalue weighted by Gasteiger charge is 2.22. The summed E-state index contributed by atoms with van der Waals surface area (Å²) in [5, 5.41) is 0. The normalized spacial score (nSPS) is 17.6. The molecular formula is C15H24N2O3S. The second kappa shape index (κ2) is 7.89. The van der Waals surface area contributed by atoms with Crippen LogP contribution in [0.4, 0.5) is 0 Å². The molecule has 6 heteroatoms. The highest BCUT2D eigenvalue weighted by Crippen LogP contribution is 2.13. The smallest absolute Gasteiger partial charge is 0.279 e. The van der Waals surface area contributed by atoms with Gasteiger partial charge in [-0.1, -0.05) is 37.1 Å². The third-order valence-electron chi connectivity index (χ3n) is 3.67. The Hall–Kier alpha value is -0.950. The molecule has 1 aliphatic rings. The topological polar surface area (TPSA) is 58.6 Å². The number of hydrogen-bond acceptors (Lipinski definition) is 3. The second-order valence-electron chi connectivity index (χ2n) is 5.39. The highest BCUT2D eigenvalue weighted by atomic mass is 32.2. The van der Waals surface area contributed by atoms with Crippen molar-refractivity contribution in [3.8, 4) is 0 Å². The van der Waals surface area contributed by atoms with Crippen molar-refractivity contribution in [3.63, 3.8) is 0 Å². The van der Waals surface area contributed by atoms with Crippen LogP contribution in [0.15, 0.2) is 24.3 Å². The summed E-state index contributed by atoms with van der Waals surface area (Å²) in [6, 6.07) is 7.78. The fourth-order valence-electron chi connectivity index (χ4n) is 2.54. The van der Waals surface area contributed by atoms with E-state index >= 15 is 0 Å². The van der Waals surface area contributed by atoms with Crippen molar-refractivity contribution in [1.29, 1.82) is 0 Å². The average Bonchev–Trinajstić information content (AvgIpc) is 2.76. The molecule has 21 heavy (non-hydrogen) atoms. The Labute approximate surface area is 127 Å². The fourth-order valence-corrected chi connectivity index (χ4v) is 3.81. The van der Waals surface area contributed by atoms with Crippen LogP contribution in [0, 0.1) is 0 Å². The molecule has 0 aliphatic carbocycles. The molecule has 2 rings (SSSR count). The van der Waals surface area contributed by atoms with E-state index in [4.69, 9.17) is 4.74 Å². The first-order chi connectivity index (χ1) is 10.1. The standard InChI is InChI=1S/C15H24N2O3S/c1-20-13-15-8-6-7-14(11-15)12-16-21(18,19)17-9-4-2-3-5-10-17/h6-8,11,16H,2-5,9-10,12-13H2,1H3. The minimum atomic E-state index is -3.38. The third kappa shape index (κ3) is 5.07. The summed E-state index contributed by atoms with van der Waals surface area (Å²) in [6.07, 6.45) is 4.13. The van der Waals surface area contributed by atoms with E-state index < -0.39 is 10.2 Å². The number of nitrogens with one attached hydrogen (secondary N) is 1. The Kier molecular flexibility index (Phi) is 6.17. The zero-order valence-electron chi connectivity index (χ0n) is 12.5.